The molecular formula is C11H16ClF3N4. The van der Waals surface area contributed by atoms with Crippen LogP contribution in [0.4, 0.5) is 19.1 Å². The van der Waals surface area contributed by atoms with Crippen LogP contribution in [0.3, 0.4) is 0 Å². The first-order valence-corrected chi connectivity index (χ1v) is 5.78. The quantitative estimate of drug-likeness (QED) is 0.862. The largest absolute Gasteiger partial charge is 0.419 e. The normalized spacial score (nSPS) is 23.9. The third-order valence-corrected chi connectivity index (χ3v) is 3.03. The molecule has 1 fully saturated rings. The van der Waals surface area contributed by atoms with E-state index in [9.17, 15) is 13.2 Å². The van der Waals surface area contributed by atoms with Gasteiger partial charge in [0.05, 0.1) is 5.56 Å². The van der Waals surface area contributed by atoms with Crippen molar-refractivity contribution in [1.82, 2.24) is 15.3 Å². The molecule has 8 heteroatoms. The van der Waals surface area contributed by atoms with Gasteiger partial charge in [-0.2, -0.15) is 13.2 Å². The van der Waals surface area contributed by atoms with Crippen molar-refractivity contribution in [3.05, 3.63) is 18.0 Å². The van der Waals surface area contributed by atoms with Crippen LogP contribution >= 0.6 is 12.4 Å². The summed E-state index contributed by atoms with van der Waals surface area (Å²) in [5.41, 5.74) is -0.818. The second-order valence-corrected chi connectivity index (χ2v) is 4.53. The molecule has 0 amide bonds. The summed E-state index contributed by atoms with van der Waals surface area (Å²) < 4.78 is 37.2. The van der Waals surface area contributed by atoms with Crippen LogP contribution in [0.1, 0.15) is 19.4 Å². The van der Waals surface area contributed by atoms with Gasteiger partial charge in [0.1, 0.15) is 0 Å². The molecule has 1 aromatic rings. The lowest BCUT2D eigenvalue weighted by Crippen LogP contribution is -2.55. The number of halogens is 4. The number of nitrogens with one attached hydrogen (secondary N) is 1. The van der Waals surface area contributed by atoms with Crippen molar-refractivity contribution >= 4 is 18.4 Å². The van der Waals surface area contributed by atoms with Crippen molar-refractivity contribution in [3.63, 3.8) is 0 Å². The highest BCUT2D eigenvalue weighted by Crippen LogP contribution is 2.28. The molecular weight excluding hydrogens is 281 g/mol. The first-order valence-electron chi connectivity index (χ1n) is 5.78. The molecule has 0 spiro atoms. The molecule has 0 saturated carbocycles. The number of nitrogens with zero attached hydrogens (tertiary/aromatic N) is 3. The van der Waals surface area contributed by atoms with E-state index in [0.29, 0.717) is 5.95 Å². The molecule has 108 valence electrons. The Morgan fingerprint density at radius 1 is 1.16 bits per heavy atom. The van der Waals surface area contributed by atoms with Crippen LogP contribution in [0.2, 0.25) is 0 Å². The smallest absolute Gasteiger partial charge is 0.333 e. The van der Waals surface area contributed by atoms with E-state index in [1.165, 1.54) is 0 Å². The van der Waals surface area contributed by atoms with Gasteiger partial charge in [-0.25, -0.2) is 9.97 Å². The second kappa shape index (κ2) is 5.92. The molecule has 1 aliphatic heterocycles. The number of aromatic nitrogens is 2. The standard InChI is InChI=1S/C11H15F3N4.ClH/c1-7-3-15-4-8(2)18(7)10-16-5-9(6-17-10)11(12,13)14;/h5-8,15H,3-4H2,1-2H3;1H/t7-,8+;. The van der Waals surface area contributed by atoms with Crippen molar-refractivity contribution in [1.29, 1.82) is 0 Å². The molecule has 0 aromatic carbocycles. The average Bonchev–Trinajstić information content (AvgIpc) is 2.28. The molecule has 2 atom stereocenters. The fourth-order valence-electron chi connectivity index (χ4n) is 2.13. The van der Waals surface area contributed by atoms with E-state index in [4.69, 9.17) is 0 Å². The highest BCUT2D eigenvalue weighted by molar-refractivity contribution is 5.85. The maximum absolute atomic E-state index is 12.4. The van der Waals surface area contributed by atoms with Crippen LogP contribution in [0.5, 0.6) is 0 Å². The van der Waals surface area contributed by atoms with E-state index in [0.717, 1.165) is 25.5 Å². The molecule has 0 aliphatic carbocycles. The fraction of sp³-hybridized carbons (Fsp3) is 0.636. The summed E-state index contributed by atoms with van der Waals surface area (Å²) in [5, 5.41) is 3.24. The third-order valence-electron chi connectivity index (χ3n) is 3.03. The Labute approximate surface area is 115 Å². The maximum atomic E-state index is 12.4. The highest BCUT2D eigenvalue weighted by Gasteiger charge is 2.32. The summed E-state index contributed by atoms with van der Waals surface area (Å²) in [5.74, 6) is 0.351. The fourth-order valence-corrected chi connectivity index (χ4v) is 2.13. The van der Waals surface area contributed by atoms with Crippen molar-refractivity contribution in [2.45, 2.75) is 32.1 Å². The molecule has 1 N–H and O–H groups in total. The minimum atomic E-state index is -4.39. The van der Waals surface area contributed by atoms with Gasteiger partial charge in [0.15, 0.2) is 0 Å². The Hall–Kier alpha value is -1.08. The van der Waals surface area contributed by atoms with Crippen LogP contribution < -0.4 is 10.2 Å². The van der Waals surface area contributed by atoms with E-state index < -0.39 is 11.7 Å². The Balaban J connectivity index is 0.00000180. The topological polar surface area (TPSA) is 41.0 Å². The van der Waals surface area contributed by atoms with E-state index in [1.54, 1.807) is 0 Å². The predicted octanol–water partition coefficient (Wildman–Crippen LogP) is 2.10. The first-order chi connectivity index (χ1) is 8.39. The third kappa shape index (κ3) is 3.48. The van der Waals surface area contributed by atoms with Crippen molar-refractivity contribution < 1.29 is 13.2 Å². The van der Waals surface area contributed by atoms with Gasteiger partial charge in [-0.3, -0.25) is 0 Å². The van der Waals surface area contributed by atoms with E-state index in [1.807, 2.05) is 18.7 Å². The van der Waals surface area contributed by atoms with Gasteiger partial charge >= 0.3 is 6.18 Å². The zero-order valence-corrected chi connectivity index (χ0v) is 11.4. The SMILES string of the molecule is C[C@@H]1CNC[C@H](C)N1c1ncc(C(F)(F)F)cn1.Cl. The van der Waals surface area contributed by atoms with Crippen LogP contribution in [0, 0.1) is 0 Å². The van der Waals surface area contributed by atoms with Crippen molar-refractivity contribution in [2.24, 2.45) is 0 Å². The zero-order valence-electron chi connectivity index (χ0n) is 10.6. The zero-order chi connectivity index (χ0) is 13.3. The summed E-state index contributed by atoms with van der Waals surface area (Å²) in [6.45, 7) is 5.52. The summed E-state index contributed by atoms with van der Waals surface area (Å²) in [6.07, 6.45) is -2.72. The minimum absolute atomic E-state index is 0. The lowest BCUT2D eigenvalue weighted by Gasteiger charge is -2.39. The maximum Gasteiger partial charge on any atom is 0.419 e. The summed E-state index contributed by atoms with van der Waals surface area (Å²) in [6, 6.07) is 0.316. The number of hydrogen-bond acceptors (Lipinski definition) is 4. The van der Waals surface area contributed by atoms with Crippen LogP contribution in [0.25, 0.3) is 0 Å². The second-order valence-electron chi connectivity index (χ2n) is 4.53. The van der Waals surface area contributed by atoms with Gasteiger partial charge < -0.3 is 10.2 Å². The van der Waals surface area contributed by atoms with Gasteiger partial charge in [-0.05, 0) is 13.8 Å². The molecule has 4 nitrogen and oxygen atoms in total. The summed E-state index contributed by atoms with van der Waals surface area (Å²) in [7, 11) is 0. The number of alkyl halides is 3. The molecule has 1 saturated heterocycles. The monoisotopic (exact) mass is 296 g/mol. The molecule has 1 aromatic heterocycles. The molecule has 19 heavy (non-hydrogen) atoms. The molecule has 1 aliphatic rings. The molecule has 0 unspecified atom stereocenters. The van der Waals surface area contributed by atoms with E-state index in [2.05, 4.69) is 15.3 Å². The number of rotatable bonds is 1. The minimum Gasteiger partial charge on any atom is -0.333 e. The molecule has 0 bridgehead atoms. The lowest BCUT2D eigenvalue weighted by atomic mass is 10.1. The van der Waals surface area contributed by atoms with Gasteiger partial charge in [-0.15, -0.1) is 12.4 Å². The van der Waals surface area contributed by atoms with Gasteiger partial charge in [0.2, 0.25) is 5.95 Å². The van der Waals surface area contributed by atoms with Crippen LogP contribution in [-0.2, 0) is 6.18 Å². The van der Waals surface area contributed by atoms with E-state index >= 15 is 0 Å². The Morgan fingerprint density at radius 2 is 1.63 bits per heavy atom. The van der Waals surface area contributed by atoms with Crippen LogP contribution in [-0.4, -0.2) is 35.1 Å². The Bertz CT molecular complexity index is 399. The number of anilines is 1. The van der Waals surface area contributed by atoms with Gasteiger partial charge in [0, 0.05) is 37.6 Å². The Kier molecular flexibility index (Phi) is 4.98. The van der Waals surface area contributed by atoms with Gasteiger partial charge in [-0.1, -0.05) is 0 Å². The lowest BCUT2D eigenvalue weighted by molar-refractivity contribution is -0.138. The predicted molar refractivity (Wildman–Crippen MR) is 68.6 cm³/mol. The number of piperazine rings is 1. The molecule has 2 rings (SSSR count). The molecule has 0 radical (unpaired) electrons. The van der Waals surface area contributed by atoms with Crippen molar-refractivity contribution in [2.75, 3.05) is 18.0 Å². The average molecular weight is 297 g/mol. The first kappa shape index (κ1) is 16.0. The van der Waals surface area contributed by atoms with Crippen LogP contribution in [0.15, 0.2) is 12.4 Å². The van der Waals surface area contributed by atoms with Crippen molar-refractivity contribution in [3.8, 4) is 0 Å². The Morgan fingerprint density at radius 3 is 2.05 bits per heavy atom. The highest BCUT2D eigenvalue weighted by atomic mass is 35.5. The van der Waals surface area contributed by atoms with Gasteiger partial charge in [0.25, 0.3) is 0 Å². The molecule has 2 heterocycles. The van der Waals surface area contributed by atoms with E-state index in [-0.39, 0.29) is 24.5 Å². The summed E-state index contributed by atoms with van der Waals surface area (Å²) >= 11 is 0. The summed E-state index contributed by atoms with van der Waals surface area (Å²) in [4.78, 5) is 9.61. The number of hydrogen-bond donors (Lipinski definition) is 1.